The number of carbonyl (C=O) groups excluding carboxylic acids is 1. The van der Waals surface area contributed by atoms with Gasteiger partial charge in [0.25, 0.3) is 11.5 Å². The Morgan fingerprint density at radius 1 is 1.07 bits per heavy atom. The number of aliphatic hydroxyl groups excluding tert-OH is 1. The fourth-order valence-corrected chi connectivity index (χ4v) is 3.53. The summed E-state index contributed by atoms with van der Waals surface area (Å²) in [5.74, 6) is -0.142. The van der Waals surface area contributed by atoms with Gasteiger partial charge in [-0.2, -0.15) is 0 Å². The quantitative estimate of drug-likeness (QED) is 0.690. The van der Waals surface area contributed by atoms with E-state index in [1.165, 1.54) is 0 Å². The van der Waals surface area contributed by atoms with Gasteiger partial charge in [-0.3, -0.25) is 9.59 Å². The van der Waals surface area contributed by atoms with Crippen LogP contribution in [0.1, 0.15) is 39.0 Å². The minimum Gasteiger partial charge on any atom is -0.396 e. The number of aromatic nitrogens is 1. The van der Waals surface area contributed by atoms with E-state index in [9.17, 15) is 14.7 Å². The summed E-state index contributed by atoms with van der Waals surface area (Å²) in [6, 6.07) is 13.3. The number of H-pyrrole nitrogens is 1. The van der Waals surface area contributed by atoms with Crippen LogP contribution in [0, 0.1) is 20.8 Å². The molecule has 146 valence electrons. The highest BCUT2D eigenvalue weighted by Gasteiger charge is 2.18. The van der Waals surface area contributed by atoms with E-state index in [1.54, 1.807) is 11.0 Å². The number of carbonyl (C=O) groups is 1. The van der Waals surface area contributed by atoms with E-state index in [1.807, 2.05) is 57.2 Å². The molecule has 0 atom stereocenters. The summed E-state index contributed by atoms with van der Waals surface area (Å²) in [5.41, 5.74) is 4.90. The molecule has 1 amide bonds. The molecule has 0 saturated carbocycles. The van der Waals surface area contributed by atoms with Crippen molar-refractivity contribution in [1.82, 2.24) is 9.88 Å². The van der Waals surface area contributed by atoms with Gasteiger partial charge in [-0.05, 0) is 62.4 Å². The lowest BCUT2D eigenvalue weighted by Gasteiger charge is -2.23. The zero-order valence-corrected chi connectivity index (χ0v) is 16.6. The molecule has 3 aromatic rings. The van der Waals surface area contributed by atoms with Crippen LogP contribution in [0.15, 0.2) is 47.3 Å². The highest BCUT2D eigenvalue weighted by Crippen LogP contribution is 2.19. The third-order valence-electron chi connectivity index (χ3n) is 4.87. The number of amides is 1. The second-order valence-electron chi connectivity index (χ2n) is 7.34. The van der Waals surface area contributed by atoms with E-state index < -0.39 is 0 Å². The molecule has 0 spiro atoms. The van der Waals surface area contributed by atoms with E-state index in [0.29, 0.717) is 24.1 Å². The molecule has 3 rings (SSSR count). The molecule has 0 aliphatic rings. The number of pyridine rings is 1. The van der Waals surface area contributed by atoms with Gasteiger partial charge in [0.05, 0.1) is 12.1 Å². The largest absolute Gasteiger partial charge is 0.396 e. The van der Waals surface area contributed by atoms with Gasteiger partial charge >= 0.3 is 0 Å². The summed E-state index contributed by atoms with van der Waals surface area (Å²) in [7, 11) is 0. The molecule has 5 nitrogen and oxygen atoms in total. The van der Waals surface area contributed by atoms with Gasteiger partial charge in [-0.15, -0.1) is 0 Å². The van der Waals surface area contributed by atoms with Crippen LogP contribution in [0.3, 0.4) is 0 Å². The standard InChI is InChI=1S/C23H26N2O3/c1-15-6-4-7-18(11-15)23(28)25(8-5-9-26)14-20-13-19-12-16(2)10-17(3)21(19)24-22(20)27/h4,6-7,10-13,26H,5,8-9,14H2,1-3H3,(H,24,27). The van der Waals surface area contributed by atoms with Crippen LogP contribution < -0.4 is 5.56 Å². The number of nitrogens with zero attached hydrogens (tertiary/aromatic N) is 1. The van der Waals surface area contributed by atoms with Gasteiger partial charge in [0.1, 0.15) is 0 Å². The molecule has 2 aromatic carbocycles. The molecule has 0 bridgehead atoms. The van der Waals surface area contributed by atoms with Gasteiger partial charge < -0.3 is 15.0 Å². The van der Waals surface area contributed by atoms with Gasteiger partial charge in [0.2, 0.25) is 0 Å². The van der Waals surface area contributed by atoms with E-state index >= 15 is 0 Å². The molecule has 0 aliphatic carbocycles. The van der Waals surface area contributed by atoms with Crippen LogP contribution >= 0.6 is 0 Å². The van der Waals surface area contributed by atoms with Crippen molar-refractivity contribution in [1.29, 1.82) is 0 Å². The maximum absolute atomic E-state index is 13.0. The SMILES string of the molecule is Cc1cccc(C(=O)N(CCCO)Cc2cc3cc(C)cc(C)c3[nH]c2=O)c1. The van der Waals surface area contributed by atoms with Crippen molar-refractivity contribution >= 4 is 16.8 Å². The van der Waals surface area contributed by atoms with E-state index in [4.69, 9.17) is 0 Å². The average Bonchev–Trinajstić information content (AvgIpc) is 2.65. The molecule has 0 aliphatic heterocycles. The number of rotatable bonds is 6. The van der Waals surface area contributed by atoms with E-state index in [0.717, 1.165) is 27.6 Å². The molecule has 0 fully saturated rings. The molecule has 28 heavy (non-hydrogen) atoms. The maximum atomic E-state index is 13.0. The van der Waals surface area contributed by atoms with Gasteiger partial charge in [0.15, 0.2) is 0 Å². The fraction of sp³-hybridized carbons (Fsp3) is 0.304. The second kappa shape index (κ2) is 8.40. The molecular weight excluding hydrogens is 352 g/mol. The summed E-state index contributed by atoms with van der Waals surface area (Å²) >= 11 is 0. The lowest BCUT2D eigenvalue weighted by Crippen LogP contribution is -2.34. The molecule has 1 heterocycles. The van der Waals surface area contributed by atoms with Crippen LogP contribution in [0.4, 0.5) is 0 Å². The number of nitrogens with one attached hydrogen (secondary N) is 1. The van der Waals surface area contributed by atoms with Gasteiger partial charge in [-0.25, -0.2) is 0 Å². The van der Waals surface area contributed by atoms with Crippen LogP contribution in [0.25, 0.3) is 10.9 Å². The minimum atomic E-state index is -0.189. The van der Waals surface area contributed by atoms with Crippen LogP contribution in [-0.4, -0.2) is 34.0 Å². The predicted octanol–water partition coefficient (Wildman–Crippen LogP) is 3.48. The van der Waals surface area contributed by atoms with Crippen molar-refractivity contribution in [2.24, 2.45) is 0 Å². The lowest BCUT2D eigenvalue weighted by atomic mass is 10.0. The van der Waals surface area contributed by atoms with Gasteiger partial charge in [-0.1, -0.05) is 29.3 Å². The Morgan fingerprint density at radius 2 is 1.86 bits per heavy atom. The zero-order valence-electron chi connectivity index (χ0n) is 16.6. The molecule has 1 aromatic heterocycles. The number of aromatic amines is 1. The Labute approximate surface area is 164 Å². The summed E-state index contributed by atoms with van der Waals surface area (Å²) in [6.07, 6.45) is 0.460. The Balaban J connectivity index is 1.97. The van der Waals surface area contributed by atoms with Crippen LogP contribution in [0.2, 0.25) is 0 Å². The van der Waals surface area contributed by atoms with Crippen molar-refractivity contribution in [2.75, 3.05) is 13.2 Å². The average molecular weight is 378 g/mol. The predicted molar refractivity (Wildman–Crippen MR) is 112 cm³/mol. The Hall–Kier alpha value is -2.92. The first-order valence-electron chi connectivity index (χ1n) is 9.49. The Morgan fingerprint density at radius 3 is 2.57 bits per heavy atom. The first-order valence-corrected chi connectivity index (χ1v) is 9.49. The summed E-state index contributed by atoms with van der Waals surface area (Å²) in [5, 5.41) is 10.2. The lowest BCUT2D eigenvalue weighted by molar-refractivity contribution is 0.0731. The van der Waals surface area contributed by atoms with Crippen molar-refractivity contribution in [3.05, 3.63) is 80.6 Å². The molecule has 0 radical (unpaired) electrons. The first-order chi connectivity index (χ1) is 13.4. The number of hydrogen-bond acceptors (Lipinski definition) is 3. The smallest absolute Gasteiger partial charge is 0.254 e. The Kier molecular flexibility index (Phi) is 5.95. The third kappa shape index (κ3) is 4.31. The Bertz CT molecular complexity index is 1070. The number of aryl methyl sites for hydroxylation is 3. The highest BCUT2D eigenvalue weighted by molar-refractivity contribution is 5.94. The minimum absolute atomic E-state index is 0.00986. The van der Waals surface area contributed by atoms with Crippen molar-refractivity contribution in [3.8, 4) is 0 Å². The topological polar surface area (TPSA) is 73.4 Å². The maximum Gasteiger partial charge on any atom is 0.254 e. The molecular formula is C23H26N2O3. The molecule has 2 N–H and O–H groups in total. The fourth-order valence-electron chi connectivity index (χ4n) is 3.53. The van der Waals surface area contributed by atoms with E-state index in [-0.39, 0.29) is 24.6 Å². The number of hydrogen-bond donors (Lipinski definition) is 2. The molecule has 0 saturated heterocycles. The molecule has 0 unspecified atom stereocenters. The second-order valence-corrected chi connectivity index (χ2v) is 7.34. The highest BCUT2D eigenvalue weighted by atomic mass is 16.3. The monoisotopic (exact) mass is 378 g/mol. The number of aliphatic hydroxyl groups is 1. The van der Waals surface area contributed by atoms with Crippen LogP contribution in [-0.2, 0) is 6.54 Å². The number of fused-ring (bicyclic) bond motifs is 1. The van der Waals surface area contributed by atoms with Gasteiger partial charge in [0, 0.05) is 24.3 Å². The molecule has 5 heteroatoms. The summed E-state index contributed by atoms with van der Waals surface area (Å²) < 4.78 is 0. The zero-order chi connectivity index (χ0) is 20.3. The normalized spacial score (nSPS) is 11.0. The first kappa shape index (κ1) is 19.8. The van der Waals surface area contributed by atoms with Crippen molar-refractivity contribution in [3.63, 3.8) is 0 Å². The van der Waals surface area contributed by atoms with Crippen LogP contribution in [0.5, 0.6) is 0 Å². The van der Waals surface area contributed by atoms with Crippen molar-refractivity contribution in [2.45, 2.75) is 33.7 Å². The van der Waals surface area contributed by atoms with Crippen molar-refractivity contribution < 1.29 is 9.90 Å². The summed E-state index contributed by atoms with van der Waals surface area (Å²) in [4.78, 5) is 30.3. The van der Waals surface area contributed by atoms with E-state index in [2.05, 4.69) is 4.98 Å². The summed E-state index contributed by atoms with van der Waals surface area (Å²) in [6.45, 7) is 6.50. The number of benzene rings is 2. The third-order valence-corrected chi connectivity index (χ3v) is 4.87.